The number of carbonyl (C=O) groups is 1. The Labute approximate surface area is 120 Å². The first kappa shape index (κ1) is 14.4. The van der Waals surface area contributed by atoms with E-state index in [2.05, 4.69) is 18.9 Å². The normalized spacial score (nSPS) is 23.2. The minimum Gasteiger partial charge on any atom is -0.372 e. The number of benzene rings is 1. The number of nitrogens with zero attached hydrogens (tertiary/aromatic N) is 1. The van der Waals surface area contributed by atoms with Crippen LogP contribution in [0.2, 0.25) is 5.02 Å². The van der Waals surface area contributed by atoms with Gasteiger partial charge in [0.1, 0.15) is 0 Å². The molecule has 1 saturated carbocycles. The maximum Gasteiger partial charge on any atom is 0.161 e. The van der Waals surface area contributed by atoms with Crippen molar-refractivity contribution < 1.29 is 4.79 Å². The molecule has 2 rings (SSSR count). The molecular weight excluding hydrogens is 258 g/mol. The molecule has 0 unspecified atom stereocenters. The number of ketones is 1. The molecule has 1 aromatic rings. The van der Waals surface area contributed by atoms with E-state index in [9.17, 15) is 4.79 Å². The van der Waals surface area contributed by atoms with Crippen molar-refractivity contribution in [1.29, 1.82) is 0 Å². The van der Waals surface area contributed by atoms with Crippen LogP contribution in [0, 0.1) is 5.92 Å². The van der Waals surface area contributed by atoms with E-state index in [1.54, 1.807) is 6.92 Å². The average Bonchev–Trinajstić information content (AvgIpc) is 2.38. The van der Waals surface area contributed by atoms with Gasteiger partial charge in [-0.15, -0.1) is 0 Å². The molecule has 1 fully saturated rings. The van der Waals surface area contributed by atoms with Gasteiger partial charge in [-0.3, -0.25) is 4.79 Å². The van der Waals surface area contributed by atoms with Crippen molar-refractivity contribution in [3.05, 3.63) is 28.8 Å². The second kappa shape index (κ2) is 5.96. The molecule has 1 aromatic carbocycles. The van der Waals surface area contributed by atoms with Crippen molar-refractivity contribution in [2.75, 3.05) is 11.9 Å². The smallest absolute Gasteiger partial charge is 0.161 e. The molecule has 0 spiro atoms. The van der Waals surface area contributed by atoms with Crippen LogP contribution in [0.25, 0.3) is 0 Å². The summed E-state index contributed by atoms with van der Waals surface area (Å²) in [7, 11) is 2.12. The Kier molecular flexibility index (Phi) is 4.51. The molecule has 0 radical (unpaired) electrons. The average molecular weight is 280 g/mol. The summed E-state index contributed by atoms with van der Waals surface area (Å²) in [5.41, 5.74) is 1.71. The SMILES string of the molecule is CC(=O)c1ccc(N(C)C2CCC(C)CC2)cc1Cl. The molecule has 0 N–H and O–H groups in total. The fourth-order valence-corrected chi connectivity index (χ4v) is 3.16. The highest BCUT2D eigenvalue weighted by molar-refractivity contribution is 6.34. The zero-order valence-corrected chi connectivity index (χ0v) is 12.7. The van der Waals surface area contributed by atoms with Crippen molar-refractivity contribution in [3.63, 3.8) is 0 Å². The van der Waals surface area contributed by atoms with Crippen LogP contribution in [-0.2, 0) is 0 Å². The van der Waals surface area contributed by atoms with Gasteiger partial charge in [0.15, 0.2) is 5.78 Å². The molecule has 0 saturated heterocycles. The summed E-state index contributed by atoms with van der Waals surface area (Å²) in [6.45, 7) is 3.88. The first-order chi connectivity index (χ1) is 8.99. The van der Waals surface area contributed by atoms with E-state index in [0.717, 1.165) is 11.6 Å². The highest BCUT2D eigenvalue weighted by Crippen LogP contribution is 2.31. The van der Waals surface area contributed by atoms with E-state index in [1.165, 1.54) is 25.7 Å². The lowest BCUT2D eigenvalue weighted by Crippen LogP contribution is -2.34. The summed E-state index contributed by atoms with van der Waals surface area (Å²) in [4.78, 5) is 13.7. The van der Waals surface area contributed by atoms with Gasteiger partial charge in [-0.05, 0) is 56.7 Å². The predicted octanol–water partition coefficient (Wildman–Crippen LogP) is 4.56. The monoisotopic (exact) mass is 279 g/mol. The molecule has 19 heavy (non-hydrogen) atoms. The summed E-state index contributed by atoms with van der Waals surface area (Å²) in [6.07, 6.45) is 5.08. The molecule has 2 nitrogen and oxygen atoms in total. The van der Waals surface area contributed by atoms with Gasteiger partial charge in [-0.2, -0.15) is 0 Å². The van der Waals surface area contributed by atoms with Crippen LogP contribution in [0.15, 0.2) is 18.2 Å². The molecule has 0 heterocycles. The van der Waals surface area contributed by atoms with Crippen molar-refractivity contribution in [2.24, 2.45) is 5.92 Å². The number of carbonyl (C=O) groups excluding carboxylic acids is 1. The Hall–Kier alpha value is -1.02. The lowest BCUT2D eigenvalue weighted by Gasteiger charge is -2.35. The van der Waals surface area contributed by atoms with Crippen LogP contribution in [0.5, 0.6) is 0 Å². The summed E-state index contributed by atoms with van der Waals surface area (Å²) < 4.78 is 0. The maximum absolute atomic E-state index is 11.4. The third-order valence-corrected chi connectivity index (χ3v) is 4.59. The quantitative estimate of drug-likeness (QED) is 0.756. The maximum atomic E-state index is 11.4. The minimum atomic E-state index is 0.0192. The molecule has 0 aliphatic heterocycles. The van der Waals surface area contributed by atoms with E-state index >= 15 is 0 Å². The first-order valence-corrected chi connectivity index (χ1v) is 7.40. The Morgan fingerprint density at radius 2 is 1.89 bits per heavy atom. The van der Waals surface area contributed by atoms with Crippen LogP contribution in [0.3, 0.4) is 0 Å². The molecule has 0 amide bonds. The fraction of sp³-hybridized carbons (Fsp3) is 0.562. The fourth-order valence-electron chi connectivity index (χ4n) is 2.85. The Morgan fingerprint density at radius 3 is 2.42 bits per heavy atom. The Bertz CT molecular complexity index is 464. The predicted molar refractivity (Wildman–Crippen MR) is 81.3 cm³/mol. The van der Waals surface area contributed by atoms with Gasteiger partial charge in [0, 0.05) is 24.3 Å². The second-order valence-electron chi connectivity index (χ2n) is 5.74. The summed E-state index contributed by atoms with van der Waals surface area (Å²) in [5.74, 6) is 0.874. The molecule has 1 aliphatic rings. The lowest BCUT2D eigenvalue weighted by atomic mass is 9.86. The van der Waals surface area contributed by atoms with Gasteiger partial charge in [0.2, 0.25) is 0 Å². The van der Waals surface area contributed by atoms with Crippen molar-refractivity contribution in [1.82, 2.24) is 0 Å². The van der Waals surface area contributed by atoms with Crippen LogP contribution < -0.4 is 4.90 Å². The number of hydrogen-bond acceptors (Lipinski definition) is 2. The number of hydrogen-bond donors (Lipinski definition) is 0. The van der Waals surface area contributed by atoms with Gasteiger partial charge in [0.25, 0.3) is 0 Å². The number of anilines is 1. The third kappa shape index (κ3) is 3.30. The largest absolute Gasteiger partial charge is 0.372 e. The van der Waals surface area contributed by atoms with Gasteiger partial charge in [0.05, 0.1) is 5.02 Å². The van der Waals surface area contributed by atoms with Gasteiger partial charge in [-0.1, -0.05) is 18.5 Å². The molecule has 104 valence electrons. The van der Waals surface area contributed by atoms with Crippen LogP contribution in [0.1, 0.15) is 49.9 Å². The van der Waals surface area contributed by atoms with Crippen molar-refractivity contribution in [2.45, 2.75) is 45.6 Å². The molecule has 0 aromatic heterocycles. The second-order valence-corrected chi connectivity index (χ2v) is 6.15. The standard InChI is InChI=1S/C16H22ClNO/c1-11-4-6-13(7-5-11)18(3)14-8-9-15(12(2)19)16(17)10-14/h8-11,13H,4-7H2,1-3H3. The molecule has 0 bridgehead atoms. The van der Waals surface area contributed by atoms with Gasteiger partial charge >= 0.3 is 0 Å². The summed E-state index contributed by atoms with van der Waals surface area (Å²) >= 11 is 6.18. The Balaban J connectivity index is 2.13. The van der Waals surface area contributed by atoms with E-state index in [1.807, 2.05) is 18.2 Å². The molecular formula is C16H22ClNO. The Morgan fingerprint density at radius 1 is 1.26 bits per heavy atom. The molecule has 1 aliphatic carbocycles. The van der Waals surface area contributed by atoms with Crippen LogP contribution in [-0.4, -0.2) is 18.9 Å². The molecule has 0 atom stereocenters. The van der Waals surface area contributed by atoms with Crippen LogP contribution >= 0.6 is 11.6 Å². The highest BCUT2D eigenvalue weighted by atomic mass is 35.5. The minimum absolute atomic E-state index is 0.0192. The van der Waals surface area contributed by atoms with Crippen molar-refractivity contribution >= 4 is 23.1 Å². The van der Waals surface area contributed by atoms with Crippen molar-refractivity contribution in [3.8, 4) is 0 Å². The number of Topliss-reactive ketones (excluding diaryl/α,β-unsaturated/α-hetero) is 1. The van der Waals surface area contributed by atoms with Gasteiger partial charge in [-0.25, -0.2) is 0 Å². The third-order valence-electron chi connectivity index (χ3n) is 4.27. The lowest BCUT2D eigenvalue weighted by molar-refractivity contribution is 0.101. The number of halogens is 1. The van der Waals surface area contributed by atoms with E-state index < -0.39 is 0 Å². The number of rotatable bonds is 3. The van der Waals surface area contributed by atoms with Crippen LogP contribution in [0.4, 0.5) is 5.69 Å². The highest BCUT2D eigenvalue weighted by Gasteiger charge is 2.22. The summed E-state index contributed by atoms with van der Waals surface area (Å²) in [5, 5.41) is 0.557. The summed E-state index contributed by atoms with van der Waals surface area (Å²) in [6, 6.07) is 6.34. The van der Waals surface area contributed by atoms with E-state index in [0.29, 0.717) is 16.6 Å². The zero-order valence-electron chi connectivity index (χ0n) is 11.9. The van der Waals surface area contributed by atoms with E-state index in [-0.39, 0.29) is 5.78 Å². The topological polar surface area (TPSA) is 20.3 Å². The molecule has 3 heteroatoms. The first-order valence-electron chi connectivity index (χ1n) is 7.02. The zero-order chi connectivity index (χ0) is 14.0. The van der Waals surface area contributed by atoms with Gasteiger partial charge < -0.3 is 4.90 Å². The van der Waals surface area contributed by atoms with E-state index in [4.69, 9.17) is 11.6 Å².